The summed E-state index contributed by atoms with van der Waals surface area (Å²) in [4.78, 5) is 11.7. The van der Waals surface area contributed by atoms with Gasteiger partial charge in [0.2, 0.25) is 0 Å². The van der Waals surface area contributed by atoms with E-state index in [0.717, 1.165) is 11.1 Å². The summed E-state index contributed by atoms with van der Waals surface area (Å²) >= 11 is 0. The minimum absolute atomic E-state index is 0.0235. The molecule has 0 saturated carbocycles. The van der Waals surface area contributed by atoms with Crippen LogP contribution in [0.4, 0.5) is 0 Å². The zero-order valence-corrected chi connectivity index (χ0v) is 13.3. The van der Waals surface area contributed by atoms with Crippen molar-refractivity contribution in [3.8, 4) is 5.75 Å². The Balaban J connectivity index is 2.43. The van der Waals surface area contributed by atoms with Crippen LogP contribution in [-0.4, -0.2) is 21.5 Å². The quantitative estimate of drug-likeness (QED) is 0.640. The van der Waals surface area contributed by atoms with Gasteiger partial charge in [-0.2, -0.15) is 8.42 Å². The molecule has 116 valence electrons. The van der Waals surface area contributed by atoms with Crippen molar-refractivity contribution in [2.75, 3.05) is 7.11 Å². The zero-order valence-electron chi connectivity index (χ0n) is 12.5. The van der Waals surface area contributed by atoms with Gasteiger partial charge in [-0.25, -0.2) is 4.79 Å². The van der Waals surface area contributed by atoms with Crippen LogP contribution in [0, 0.1) is 13.8 Å². The van der Waals surface area contributed by atoms with Gasteiger partial charge >= 0.3 is 16.1 Å². The molecule has 0 amide bonds. The molecule has 5 nitrogen and oxygen atoms in total. The molecule has 0 fully saturated rings. The largest absolute Gasteiger partial charge is 0.465 e. The first kappa shape index (κ1) is 16.0. The molecule has 2 aromatic rings. The second-order valence-electron chi connectivity index (χ2n) is 4.84. The van der Waals surface area contributed by atoms with E-state index in [1.54, 1.807) is 25.1 Å². The number of rotatable bonds is 4. The van der Waals surface area contributed by atoms with E-state index in [-0.39, 0.29) is 16.2 Å². The third-order valence-corrected chi connectivity index (χ3v) is 4.30. The molecule has 6 heteroatoms. The van der Waals surface area contributed by atoms with Crippen molar-refractivity contribution in [1.82, 2.24) is 0 Å². The van der Waals surface area contributed by atoms with Gasteiger partial charge in [0, 0.05) is 0 Å². The van der Waals surface area contributed by atoms with E-state index in [9.17, 15) is 13.2 Å². The lowest BCUT2D eigenvalue weighted by molar-refractivity contribution is 0.0599. The highest BCUT2D eigenvalue weighted by atomic mass is 32.2. The lowest BCUT2D eigenvalue weighted by Crippen LogP contribution is -2.13. The fraction of sp³-hybridized carbons (Fsp3) is 0.188. The van der Waals surface area contributed by atoms with Crippen molar-refractivity contribution in [2.24, 2.45) is 0 Å². The Morgan fingerprint density at radius 2 is 1.55 bits per heavy atom. The minimum Gasteiger partial charge on any atom is -0.465 e. The molecule has 0 aliphatic carbocycles. The molecule has 0 spiro atoms. The van der Waals surface area contributed by atoms with Gasteiger partial charge in [0.25, 0.3) is 0 Å². The lowest BCUT2D eigenvalue weighted by Gasteiger charge is -2.11. The summed E-state index contributed by atoms with van der Waals surface area (Å²) < 4.78 is 34.4. The van der Waals surface area contributed by atoms with E-state index in [1.165, 1.54) is 31.4 Å². The van der Waals surface area contributed by atoms with E-state index in [0.29, 0.717) is 0 Å². The molecule has 0 aromatic heterocycles. The van der Waals surface area contributed by atoms with E-state index in [1.807, 2.05) is 6.92 Å². The summed E-state index contributed by atoms with van der Waals surface area (Å²) in [6, 6.07) is 10.9. The van der Waals surface area contributed by atoms with E-state index in [2.05, 4.69) is 4.74 Å². The molecule has 0 radical (unpaired) electrons. The molecule has 0 aliphatic heterocycles. The Bertz CT molecular complexity index is 792. The van der Waals surface area contributed by atoms with Gasteiger partial charge in [-0.05, 0) is 43.7 Å². The fourth-order valence-corrected chi connectivity index (χ4v) is 2.79. The number of ether oxygens (including phenoxy) is 1. The first-order valence-electron chi connectivity index (χ1n) is 6.53. The summed E-state index contributed by atoms with van der Waals surface area (Å²) in [6.07, 6.45) is 0. The molecule has 2 rings (SSSR count). The van der Waals surface area contributed by atoms with Crippen molar-refractivity contribution in [1.29, 1.82) is 0 Å². The number of aryl methyl sites for hydroxylation is 2. The number of benzene rings is 2. The predicted octanol–water partition coefficient (Wildman–Crippen LogP) is 2.86. The maximum atomic E-state index is 12.3. The van der Waals surface area contributed by atoms with Crippen LogP contribution in [0.2, 0.25) is 0 Å². The first-order chi connectivity index (χ1) is 10.3. The number of methoxy groups -OCH3 is 1. The predicted molar refractivity (Wildman–Crippen MR) is 81.5 cm³/mol. The summed E-state index contributed by atoms with van der Waals surface area (Å²) in [7, 11) is -2.80. The van der Waals surface area contributed by atoms with Crippen LogP contribution in [0.1, 0.15) is 21.5 Å². The maximum Gasteiger partial charge on any atom is 0.341 e. The molecule has 0 atom stereocenters. The first-order valence-corrected chi connectivity index (χ1v) is 7.94. The normalized spacial score (nSPS) is 11.0. The number of esters is 1. The van der Waals surface area contributed by atoms with Crippen LogP contribution in [0.5, 0.6) is 5.75 Å². The molecular formula is C16H16O5S. The third kappa shape index (κ3) is 3.46. The van der Waals surface area contributed by atoms with Crippen LogP contribution in [0.3, 0.4) is 0 Å². The van der Waals surface area contributed by atoms with Crippen molar-refractivity contribution >= 4 is 16.1 Å². The van der Waals surface area contributed by atoms with Crippen molar-refractivity contribution < 1.29 is 22.1 Å². The number of carbonyl (C=O) groups excluding carboxylic acids is 1. The van der Waals surface area contributed by atoms with Gasteiger partial charge in [-0.1, -0.05) is 23.8 Å². The second kappa shape index (κ2) is 6.19. The Morgan fingerprint density at radius 1 is 0.955 bits per heavy atom. The minimum atomic E-state index is -4.02. The summed E-state index contributed by atoms with van der Waals surface area (Å²) in [6.45, 7) is 3.62. The highest BCUT2D eigenvalue weighted by Crippen LogP contribution is 2.25. The average molecular weight is 320 g/mol. The molecule has 0 N–H and O–H groups in total. The smallest absolute Gasteiger partial charge is 0.341 e. The van der Waals surface area contributed by atoms with Gasteiger partial charge in [0.05, 0.1) is 7.11 Å². The molecule has 0 saturated heterocycles. The second-order valence-corrected chi connectivity index (χ2v) is 6.39. The topological polar surface area (TPSA) is 69.7 Å². The summed E-state index contributed by atoms with van der Waals surface area (Å²) in [5, 5.41) is 0. The lowest BCUT2D eigenvalue weighted by atomic mass is 10.1. The average Bonchev–Trinajstić information content (AvgIpc) is 2.46. The monoisotopic (exact) mass is 320 g/mol. The van der Waals surface area contributed by atoms with Gasteiger partial charge in [-0.3, -0.25) is 0 Å². The SMILES string of the molecule is COC(=O)c1ccc(C)cc1OS(=O)(=O)c1ccc(C)cc1. The molecule has 0 aliphatic rings. The summed E-state index contributed by atoms with van der Waals surface area (Å²) in [5.74, 6) is -0.707. The van der Waals surface area contributed by atoms with E-state index >= 15 is 0 Å². The third-order valence-electron chi connectivity index (χ3n) is 3.05. The number of hydrogen-bond acceptors (Lipinski definition) is 5. The van der Waals surface area contributed by atoms with Crippen molar-refractivity contribution in [3.63, 3.8) is 0 Å². The van der Waals surface area contributed by atoms with Crippen LogP contribution in [0.25, 0.3) is 0 Å². The number of hydrogen-bond donors (Lipinski definition) is 0. The highest BCUT2D eigenvalue weighted by Gasteiger charge is 2.21. The molecule has 0 heterocycles. The van der Waals surface area contributed by atoms with Crippen LogP contribution < -0.4 is 4.18 Å². The Kier molecular flexibility index (Phi) is 4.51. The van der Waals surface area contributed by atoms with Crippen molar-refractivity contribution in [2.45, 2.75) is 18.7 Å². The van der Waals surface area contributed by atoms with E-state index in [4.69, 9.17) is 4.18 Å². The standard InChI is InChI=1S/C16H16O5S/c1-11-4-7-13(8-5-11)22(18,19)21-15-10-12(2)6-9-14(15)16(17)20-3/h4-10H,1-3H3. The molecular weight excluding hydrogens is 304 g/mol. The van der Waals surface area contributed by atoms with E-state index < -0.39 is 16.1 Å². The summed E-state index contributed by atoms with van der Waals surface area (Å²) in [5.41, 5.74) is 1.76. The van der Waals surface area contributed by atoms with Gasteiger partial charge in [0.1, 0.15) is 10.5 Å². The Labute approximate surface area is 129 Å². The zero-order chi connectivity index (χ0) is 16.3. The van der Waals surface area contributed by atoms with Gasteiger partial charge < -0.3 is 8.92 Å². The highest BCUT2D eigenvalue weighted by molar-refractivity contribution is 7.87. The van der Waals surface area contributed by atoms with Gasteiger partial charge in [-0.15, -0.1) is 0 Å². The Hall–Kier alpha value is -2.34. The van der Waals surface area contributed by atoms with Crippen molar-refractivity contribution in [3.05, 3.63) is 59.2 Å². The maximum absolute atomic E-state index is 12.3. The number of carbonyl (C=O) groups is 1. The van der Waals surface area contributed by atoms with Crippen LogP contribution in [-0.2, 0) is 14.9 Å². The fourth-order valence-electron chi connectivity index (χ4n) is 1.85. The van der Waals surface area contributed by atoms with Crippen LogP contribution >= 0.6 is 0 Å². The molecule has 0 unspecified atom stereocenters. The molecule has 2 aromatic carbocycles. The Morgan fingerprint density at radius 3 is 2.14 bits per heavy atom. The van der Waals surface area contributed by atoms with Gasteiger partial charge in [0.15, 0.2) is 5.75 Å². The molecule has 0 bridgehead atoms. The van der Waals surface area contributed by atoms with Crippen LogP contribution in [0.15, 0.2) is 47.4 Å². The molecule has 22 heavy (non-hydrogen) atoms.